The third-order valence-corrected chi connectivity index (χ3v) is 2.88. The van der Waals surface area contributed by atoms with E-state index < -0.39 is 0 Å². The van der Waals surface area contributed by atoms with Gasteiger partial charge in [-0.15, -0.1) is 0 Å². The normalized spacial score (nSPS) is 12.3. The van der Waals surface area contributed by atoms with E-state index in [1.54, 1.807) is 26.1 Å². The van der Waals surface area contributed by atoms with Crippen LogP contribution in [0.1, 0.15) is 11.6 Å². The summed E-state index contributed by atoms with van der Waals surface area (Å²) in [6, 6.07) is 7.26. The smallest absolute Gasteiger partial charge is 0.233 e. The predicted molar refractivity (Wildman–Crippen MR) is 69.5 cm³/mol. The van der Waals surface area contributed by atoms with Crippen molar-refractivity contribution in [2.75, 3.05) is 34.4 Å². The molecule has 1 aromatic carbocycles. The Labute approximate surface area is 107 Å². The minimum Gasteiger partial charge on any atom is -0.497 e. The van der Waals surface area contributed by atoms with Crippen molar-refractivity contribution in [1.82, 2.24) is 10.2 Å². The zero-order chi connectivity index (χ0) is 13.5. The molecule has 0 radical (unpaired) electrons. The van der Waals surface area contributed by atoms with Gasteiger partial charge in [-0.05, 0) is 24.7 Å². The lowest BCUT2D eigenvalue weighted by Gasteiger charge is -2.26. The van der Waals surface area contributed by atoms with Crippen LogP contribution in [0.15, 0.2) is 24.3 Å². The van der Waals surface area contributed by atoms with Gasteiger partial charge in [-0.3, -0.25) is 9.69 Å². The molecule has 0 saturated carbocycles. The Bertz CT molecular complexity index is 378. The number of methoxy groups -OCH3 is 1. The Morgan fingerprint density at radius 1 is 1.44 bits per heavy atom. The van der Waals surface area contributed by atoms with Crippen molar-refractivity contribution in [2.24, 2.45) is 0 Å². The number of hydrogen-bond acceptors (Lipinski definition) is 4. The van der Waals surface area contributed by atoms with Gasteiger partial charge in [-0.25, -0.2) is 0 Å². The molecule has 18 heavy (non-hydrogen) atoms. The number of aliphatic hydroxyl groups is 1. The van der Waals surface area contributed by atoms with Gasteiger partial charge in [0.15, 0.2) is 0 Å². The maximum absolute atomic E-state index is 11.3. The first-order valence-electron chi connectivity index (χ1n) is 5.78. The van der Waals surface area contributed by atoms with Crippen molar-refractivity contribution in [3.8, 4) is 5.75 Å². The first-order chi connectivity index (χ1) is 8.62. The van der Waals surface area contributed by atoms with Crippen LogP contribution in [0.5, 0.6) is 5.75 Å². The van der Waals surface area contributed by atoms with Gasteiger partial charge >= 0.3 is 0 Å². The van der Waals surface area contributed by atoms with Gasteiger partial charge in [0, 0.05) is 7.05 Å². The molecule has 0 heterocycles. The molecule has 1 aromatic rings. The zero-order valence-corrected chi connectivity index (χ0v) is 11.0. The molecular weight excluding hydrogens is 232 g/mol. The molecule has 0 spiro atoms. The molecule has 0 saturated heterocycles. The topological polar surface area (TPSA) is 61.8 Å². The van der Waals surface area contributed by atoms with Gasteiger partial charge in [0.25, 0.3) is 0 Å². The first kappa shape index (κ1) is 14.5. The van der Waals surface area contributed by atoms with Gasteiger partial charge in [0.2, 0.25) is 5.91 Å². The van der Waals surface area contributed by atoms with E-state index in [4.69, 9.17) is 4.74 Å². The highest BCUT2D eigenvalue weighted by Crippen LogP contribution is 2.21. The lowest BCUT2D eigenvalue weighted by molar-refractivity contribution is -0.122. The van der Waals surface area contributed by atoms with Crippen molar-refractivity contribution in [3.63, 3.8) is 0 Å². The molecule has 1 rings (SSSR count). The summed E-state index contributed by atoms with van der Waals surface area (Å²) in [5, 5.41) is 12.0. The van der Waals surface area contributed by atoms with Crippen LogP contribution in [0.2, 0.25) is 0 Å². The predicted octanol–water partition coefficient (Wildman–Crippen LogP) is 0.406. The highest BCUT2D eigenvalue weighted by Gasteiger charge is 2.18. The fraction of sp³-hybridized carbons (Fsp3) is 0.462. The molecule has 0 bridgehead atoms. The molecule has 0 aliphatic rings. The third-order valence-electron chi connectivity index (χ3n) is 2.88. The van der Waals surface area contributed by atoms with Gasteiger partial charge in [-0.1, -0.05) is 12.1 Å². The monoisotopic (exact) mass is 252 g/mol. The molecule has 1 unspecified atom stereocenters. The van der Waals surface area contributed by atoms with E-state index in [1.165, 1.54) is 0 Å². The van der Waals surface area contributed by atoms with Crippen LogP contribution in [-0.2, 0) is 4.79 Å². The Morgan fingerprint density at radius 3 is 2.50 bits per heavy atom. The number of hydrogen-bond donors (Lipinski definition) is 2. The Morgan fingerprint density at radius 2 is 2.06 bits per heavy atom. The van der Waals surface area contributed by atoms with Crippen molar-refractivity contribution in [3.05, 3.63) is 29.8 Å². The maximum Gasteiger partial charge on any atom is 0.233 e. The minimum atomic E-state index is -0.201. The number of nitrogens with one attached hydrogen (secondary N) is 1. The number of benzene rings is 1. The Hall–Kier alpha value is -1.59. The van der Waals surface area contributed by atoms with E-state index >= 15 is 0 Å². The van der Waals surface area contributed by atoms with Crippen LogP contribution in [0.25, 0.3) is 0 Å². The van der Waals surface area contributed by atoms with E-state index in [0.29, 0.717) is 0 Å². The number of aliphatic hydroxyl groups excluding tert-OH is 1. The summed E-state index contributed by atoms with van der Waals surface area (Å²) in [6.07, 6.45) is 0. The molecule has 1 atom stereocenters. The van der Waals surface area contributed by atoms with Crippen LogP contribution in [0.4, 0.5) is 0 Å². The fourth-order valence-corrected chi connectivity index (χ4v) is 1.74. The standard InChI is InChI=1S/C13H20N2O3/c1-14-13(17)8-15(2)12(9-16)10-4-6-11(18-3)7-5-10/h4-7,12,16H,8-9H2,1-3H3,(H,14,17). The largest absolute Gasteiger partial charge is 0.497 e. The number of likely N-dealkylation sites (N-methyl/N-ethyl adjacent to an activating group) is 2. The molecule has 5 heteroatoms. The summed E-state index contributed by atoms with van der Waals surface area (Å²) in [6.45, 7) is 0.202. The van der Waals surface area contributed by atoms with Gasteiger partial charge in [0.1, 0.15) is 5.75 Å². The minimum absolute atomic E-state index is 0.0418. The lowest BCUT2D eigenvalue weighted by Crippen LogP contribution is -2.36. The van der Waals surface area contributed by atoms with E-state index in [2.05, 4.69) is 5.32 Å². The number of rotatable bonds is 6. The molecule has 0 fully saturated rings. The van der Waals surface area contributed by atoms with E-state index in [1.807, 2.05) is 24.3 Å². The van der Waals surface area contributed by atoms with E-state index in [0.717, 1.165) is 11.3 Å². The van der Waals surface area contributed by atoms with Crippen molar-refractivity contribution in [1.29, 1.82) is 0 Å². The summed E-state index contributed by atoms with van der Waals surface area (Å²) in [4.78, 5) is 13.1. The van der Waals surface area contributed by atoms with Crippen LogP contribution >= 0.6 is 0 Å². The third kappa shape index (κ3) is 3.72. The zero-order valence-electron chi connectivity index (χ0n) is 11.0. The second-order valence-electron chi connectivity index (χ2n) is 4.06. The average Bonchev–Trinajstić information content (AvgIpc) is 2.40. The maximum atomic E-state index is 11.3. The van der Waals surface area contributed by atoms with Crippen molar-refractivity contribution < 1.29 is 14.6 Å². The second kappa shape index (κ2) is 6.98. The Balaban J connectivity index is 2.77. The molecule has 100 valence electrons. The van der Waals surface area contributed by atoms with Crippen LogP contribution in [0, 0.1) is 0 Å². The molecular formula is C13H20N2O3. The molecule has 1 amide bonds. The molecule has 0 aromatic heterocycles. The average molecular weight is 252 g/mol. The number of amides is 1. The fourth-order valence-electron chi connectivity index (χ4n) is 1.74. The van der Waals surface area contributed by atoms with E-state index in [9.17, 15) is 9.90 Å². The first-order valence-corrected chi connectivity index (χ1v) is 5.78. The molecule has 0 aliphatic carbocycles. The van der Waals surface area contributed by atoms with Gasteiger partial charge < -0.3 is 15.2 Å². The molecule has 2 N–H and O–H groups in total. The number of carbonyl (C=O) groups excluding carboxylic acids is 1. The number of ether oxygens (including phenoxy) is 1. The summed E-state index contributed by atoms with van der Waals surface area (Å²) < 4.78 is 5.08. The highest BCUT2D eigenvalue weighted by atomic mass is 16.5. The lowest BCUT2D eigenvalue weighted by atomic mass is 10.1. The van der Waals surface area contributed by atoms with Gasteiger partial charge in [0.05, 0.1) is 26.3 Å². The number of carbonyl (C=O) groups is 1. The second-order valence-corrected chi connectivity index (χ2v) is 4.06. The van der Waals surface area contributed by atoms with Crippen LogP contribution in [0.3, 0.4) is 0 Å². The summed E-state index contributed by atoms with van der Waals surface area (Å²) in [5.74, 6) is 0.689. The molecule has 0 aliphatic heterocycles. The highest BCUT2D eigenvalue weighted by molar-refractivity contribution is 5.77. The van der Waals surface area contributed by atoms with Crippen molar-refractivity contribution >= 4 is 5.91 Å². The van der Waals surface area contributed by atoms with Crippen LogP contribution < -0.4 is 10.1 Å². The van der Waals surface area contributed by atoms with Crippen molar-refractivity contribution in [2.45, 2.75) is 6.04 Å². The summed E-state index contributed by atoms with van der Waals surface area (Å²) in [5.41, 5.74) is 0.949. The number of nitrogens with zero attached hydrogens (tertiary/aromatic N) is 1. The van der Waals surface area contributed by atoms with Crippen LogP contribution in [-0.4, -0.2) is 50.3 Å². The summed E-state index contributed by atoms with van der Waals surface area (Å²) in [7, 11) is 5.01. The Kier molecular flexibility index (Phi) is 5.61. The van der Waals surface area contributed by atoms with E-state index in [-0.39, 0.29) is 25.1 Å². The SMILES string of the molecule is CNC(=O)CN(C)C(CO)c1ccc(OC)cc1. The van der Waals surface area contributed by atoms with Gasteiger partial charge in [-0.2, -0.15) is 0 Å². The quantitative estimate of drug-likeness (QED) is 0.769. The summed E-state index contributed by atoms with van der Waals surface area (Å²) >= 11 is 0. The molecule has 5 nitrogen and oxygen atoms in total.